The number of carbonyl (C=O) groups is 2. The molecule has 0 aliphatic carbocycles. The molecule has 1 aromatic heterocycles. The van der Waals surface area contributed by atoms with Crippen molar-refractivity contribution in [2.24, 2.45) is 0 Å². The van der Waals surface area contributed by atoms with Gasteiger partial charge in [-0.1, -0.05) is 11.6 Å². The van der Waals surface area contributed by atoms with Crippen LogP contribution in [-0.2, 0) is 16.0 Å². The fourth-order valence-corrected chi connectivity index (χ4v) is 3.12. The van der Waals surface area contributed by atoms with Crippen molar-refractivity contribution in [1.29, 1.82) is 0 Å². The van der Waals surface area contributed by atoms with Crippen molar-refractivity contribution in [2.45, 2.75) is 13.3 Å². The molecule has 1 heterocycles. The summed E-state index contributed by atoms with van der Waals surface area (Å²) in [7, 11) is 0. The molecular weight excluding hydrogens is 298 g/mol. The van der Waals surface area contributed by atoms with Crippen LogP contribution in [0.5, 0.6) is 0 Å². The lowest BCUT2D eigenvalue weighted by molar-refractivity contribution is -0.144. The number of aliphatic carboxylic acids is 1. The van der Waals surface area contributed by atoms with E-state index in [2.05, 4.69) is 0 Å². The van der Waals surface area contributed by atoms with E-state index < -0.39 is 5.97 Å². The summed E-state index contributed by atoms with van der Waals surface area (Å²) in [5, 5.41) is 12.3. The van der Waals surface area contributed by atoms with E-state index >= 15 is 0 Å². The SMILES string of the molecule is CCN(CC(=O)O)C(=O)Cc1csc2ccc(Cl)cc12. The molecule has 0 fully saturated rings. The Balaban J connectivity index is 2.20. The van der Waals surface area contributed by atoms with Crippen LogP contribution in [0.25, 0.3) is 10.1 Å². The average molecular weight is 312 g/mol. The summed E-state index contributed by atoms with van der Waals surface area (Å²) in [5.74, 6) is -1.19. The first-order valence-electron chi connectivity index (χ1n) is 6.16. The fourth-order valence-electron chi connectivity index (χ4n) is 2.01. The van der Waals surface area contributed by atoms with Gasteiger partial charge in [0, 0.05) is 16.3 Å². The van der Waals surface area contributed by atoms with Crippen LogP contribution in [0.3, 0.4) is 0 Å². The topological polar surface area (TPSA) is 57.6 Å². The molecule has 20 heavy (non-hydrogen) atoms. The molecule has 106 valence electrons. The second-order valence-corrected chi connectivity index (χ2v) is 5.73. The molecule has 0 aliphatic heterocycles. The molecule has 0 spiro atoms. The van der Waals surface area contributed by atoms with Crippen LogP contribution >= 0.6 is 22.9 Å². The van der Waals surface area contributed by atoms with Crippen LogP contribution in [0, 0.1) is 0 Å². The number of hydrogen-bond acceptors (Lipinski definition) is 3. The van der Waals surface area contributed by atoms with Crippen molar-refractivity contribution in [3.8, 4) is 0 Å². The molecule has 0 atom stereocenters. The first-order valence-corrected chi connectivity index (χ1v) is 7.42. The van der Waals surface area contributed by atoms with Crippen molar-refractivity contribution in [3.63, 3.8) is 0 Å². The third-order valence-corrected chi connectivity index (χ3v) is 4.27. The number of nitrogens with zero attached hydrogens (tertiary/aromatic N) is 1. The van der Waals surface area contributed by atoms with Gasteiger partial charge in [-0.25, -0.2) is 0 Å². The van der Waals surface area contributed by atoms with Gasteiger partial charge in [0.1, 0.15) is 6.54 Å². The van der Waals surface area contributed by atoms with Crippen molar-refractivity contribution < 1.29 is 14.7 Å². The van der Waals surface area contributed by atoms with Gasteiger partial charge in [-0.3, -0.25) is 9.59 Å². The monoisotopic (exact) mass is 311 g/mol. The maximum atomic E-state index is 12.1. The van der Waals surface area contributed by atoms with Crippen LogP contribution in [-0.4, -0.2) is 35.0 Å². The summed E-state index contributed by atoms with van der Waals surface area (Å²) < 4.78 is 1.07. The van der Waals surface area contributed by atoms with Crippen molar-refractivity contribution in [1.82, 2.24) is 4.90 Å². The molecule has 0 aliphatic rings. The molecule has 6 heteroatoms. The molecule has 0 saturated heterocycles. The second kappa shape index (κ2) is 6.24. The number of halogens is 1. The molecule has 0 saturated carbocycles. The molecule has 0 unspecified atom stereocenters. The van der Waals surface area contributed by atoms with E-state index in [1.54, 1.807) is 18.3 Å². The van der Waals surface area contributed by atoms with Gasteiger partial charge in [0.25, 0.3) is 0 Å². The lowest BCUT2D eigenvalue weighted by Crippen LogP contribution is -2.36. The first-order chi connectivity index (χ1) is 9.51. The Hall–Kier alpha value is -1.59. The molecule has 0 radical (unpaired) electrons. The highest BCUT2D eigenvalue weighted by Gasteiger charge is 2.17. The smallest absolute Gasteiger partial charge is 0.323 e. The molecule has 1 N–H and O–H groups in total. The van der Waals surface area contributed by atoms with E-state index in [1.807, 2.05) is 23.6 Å². The van der Waals surface area contributed by atoms with Gasteiger partial charge in [-0.2, -0.15) is 0 Å². The normalized spacial score (nSPS) is 10.7. The van der Waals surface area contributed by atoms with Crippen LogP contribution in [0.1, 0.15) is 12.5 Å². The zero-order valence-corrected chi connectivity index (χ0v) is 12.5. The predicted molar refractivity (Wildman–Crippen MR) is 80.4 cm³/mol. The number of amides is 1. The maximum Gasteiger partial charge on any atom is 0.323 e. The average Bonchev–Trinajstić information content (AvgIpc) is 2.78. The largest absolute Gasteiger partial charge is 0.480 e. The van der Waals surface area contributed by atoms with Gasteiger partial charge in [0.2, 0.25) is 5.91 Å². The number of rotatable bonds is 5. The Morgan fingerprint density at radius 3 is 2.80 bits per heavy atom. The molecule has 4 nitrogen and oxygen atoms in total. The van der Waals surface area contributed by atoms with Crippen molar-refractivity contribution >= 4 is 44.9 Å². The highest BCUT2D eigenvalue weighted by Crippen LogP contribution is 2.29. The number of carbonyl (C=O) groups excluding carboxylic acids is 1. The van der Waals surface area contributed by atoms with Gasteiger partial charge in [0.05, 0.1) is 6.42 Å². The summed E-state index contributed by atoms with van der Waals surface area (Å²) >= 11 is 7.53. The Labute approximate surface area is 125 Å². The van der Waals surface area contributed by atoms with Crippen LogP contribution in [0.15, 0.2) is 23.6 Å². The number of fused-ring (bicyclic) bond motifs is 1. The number of thiophene rings is 1. The van der Waals surface area contributed by atoms with Gasteiger partial charge in [-0.05, 0) is 41.5 Å². The third-order valence-electron chi connectivity index (χ3n) is 3.02. The standard InChI is InChI=1S/C14H14ClNO3S/c1-2-16(7-14(18)19)13(17)5-9-8-20-12-4-3-10(15)6-11(9)12/h3-4,6,8H,2,5,7H2,1H3,(H,18,19). The second-order valence-electron chi connectivity index (χ2n) is 4.38. The number of carboxylic acids is 1. The minimum Gasteiger partial charge on any atom is -0.480 e. The summed E-state index contributed by atoms with van der Waals surface area (Å²) in [6.07, 6.45) is 0.196. The van der Waals surface area contributed by atoms with Crippen molar-refractivity contribution in [3.05, 3.63) is 34.2 Å². The van der Waals surface area contributed by atoms with E-state index in [-0.39, 0.29) is 18.9 Å². The predicted octanol–water partition coefficient (Wildman–Crippen LogP) is 3.03. The van der Waals surface area contributed by atoms with E-state index in [1.165, 1.54) is 4.90 Å². The van der Waals surface area contributed by atoms with E-state index in [4.69, 9.17) is 16.7 Å². The molecule has 2 aromatic rings. The Kier molecular flexibility index (Phi) is 4.62. The lowest BCUT2D eigenvalue weighted by atomic mass is 10.1. The van der Waals surface area contributed by atoms with E-state index in [0.717, 1.165) is 15.6 Å². The van der Waals surface area contributed by atoms with Gasteiger partial charge < -0.3 is 10.0 Å². The van der Waals surface area contributed by atoms with Gasteiger partial charge in [0.15, 0.2) is 0 Å². The van der Waals surface area contributed by atoms with Gasteiger partial charge >= 0.3 is 5.97 Å². The Morgan fingerprint density at radius 2 is 2.15 bits per heavy atom. The molecule has 0 bridgehead atoms. The molecular formula is C14H14ClNO3S. The van der Waals surface area contributed by atoms with Gasteiger partial charge in [-0.15, -0.1) is 11.3 Å². The van der Waals surface area contributed by atoms with Crippen LogP contribution in [0.4, 0.5) is 0 Å². The fraction of sp³-hybridized carbons (Fsp3) is 0.286. The van der Waals surface area contributed by atoms with Crippen molar-refractivity contribution in [2.75, 3.05) is 13.1 Å². The zero-order valence-electron chi connectivity index (χ0n) is 10.9. The molecule has 2 rings (SSSR count). The zero-order chi connectivity index (χ0) is 14.7. The minimum atomic E-state index is -1.00. The molecule has 1 amide bonds. The quantitative estimate of drug-likeness (QED) is 0.923. The Bertz CT molecular complexity index is 653. The molecule has 1 aromatic carbocycles. The minimum absolute atomic E-state index is 0.186. The summed E-state index contributed by atoms with van der Waals surface area (Å²) in [6, 6.07) is 5.57. The van der Waals surface area contributed by atoms with Crippen LogP contribution < -0.4 is 0 Å². The number of likely N-dealkylation sites (N-methyl/N-ethyl adjacent to an activating group) is 1. The summed E-state index contributed by atoms with van der Waals surface area (Å²) in [4.78, 5) is 24.2. The first kappa shape index (κ1) is 14.8. The summed E-state index contributed by atoms with van der Waals surface area (Å²) in [5.41, 5.74) is 0.890. The van der Waals surface area contributed by atoms with E-state index in [0.29, 0.717) is 11.6 Å². The number of benzene rings is 1. The number of hydrogen-bond donors (Lipinski definition) is 1. The van der Waals surface area contributed by atoms with Crippen LogP contribution in [0.2, 0.25) is 5.02 Å². The Morgan fingerprint density at radius 1 is 1.40 bits per heavy atom. The number of carboxylic acid groups (broad SMARTS) is 1. The lowest BCUT2D eigenvalue weighted by Gasteiger charge is -2.18. The summed E-state index contributed by atoms with van der Waals surface area (Å²) in [6.45, 7) is 1.88. The third kappa shape index (κ3) is 3.29. The highest BCUT2D eigenvalue weighted by molar-refractivity contribution is 7.17. The highest BCUT2D eigenvalue weighted by atomic mass is 35.5. The van der Waals surface area contributed by atoms with E-state index in [9.17, 15) is 9.59 Å². The maximum absolute atomic E-state index is 12.1.